The second-order valence-electron chi connectivity index (χ2n) is 4.85. The molecule has 1 amide bonds. The molecule has 1 aromatic carbocycles. The molecule has 2 aromatic rings. The van der Waals surface area contributed by atoms with Gasteiger partial charge in [0.1, 0.15) is 5.82 Å². The van der Waals surface area contributed by atoms with Gasteiger partial charge in [0.15, 0.2) is 0 Å². The van der Waals surface area contributed by atoms with E-state index in [0.29, 0.717) is 0 Å². The molecule has 5 heteroatoms. The highest BCUT2D eigenvalue weighted by molar-refractivity contribution is 7.99. The van der Waals surface area contributed by atoms with Crippen LogP contribution in [0.1, 0.15) is 36.7 Å². The predicted molar refractivity (Wildman–Crippen MR) is 79.7 cm³/mol. The molecule has 0 saturated heterocycles. The number of thioether (sulfide) groups is 1. The summed E-state index contributed by atoms with van der Waals surface area (Å²) in [6, 6.07) is 8.10. The second kappa shape index (κ2) is 5.71. The topological polar surface area (TPSA) is 57.8 Å². The van der Waals surface area contributed by atoms with Crippen LogP contribution in [0.25, 0.3) is 0 Å². The minimum Gasteiger partial charge on any atom is -0.347 e. The van der Waals surface area contributed by atoms with Crippen LogP contribution in [-0.2, 0) is 4.79 Å². The Morgan fingerprint density at radius 1 is 1.55 bits per heavy atom. The van der Waals surface area contributed by atoms with E-state index in [1.54, 1.807) is 24.2 Å². The number of H-pyrrole nitrogens is 1. The van der Waals surface area contributed by atoms with Gasteiger partial charge in [-0.05, 0) is 18.1 Å². The largest absolute Gasteiger partial charge is 0.347 e. The molecule has 0 bridgehead atoms. The third kappa shape index (κ3) is 2.45. The zero-order chi connectivity index (χ0) is 13.9. The molecule has 4 nitrogen and oxygen atoms in total. The molecule has 3 rings (SSSR count). The molecule has 1 aliphatic heterocycles. The lowest BCUT2D eigenvalue weighted by molar-refractivity contribution is -0.122. The van der Waals surface area contributed by atoms with Crippen molar-refractivity contribution in [1.82, 2.24) is 15.3 Å². The summed E-state index contributed by atoms with van der Waals surface area (Å²) in [5.74, 6) is 1.67. The number of fused-ring (bicyclic) bond motifs is 1. The summed E-state index contributed by atoms with van der Waals surface area (Å²) in [6.07, 6.45) is 4.32. The number of benzene rings is 1. The standard InChI is InChI=1S/C15H17N3OS/c1-2-12(14-16-7-8-17-14)18-15(19)11-9-20-13-6-4-3-5-10(11)13/h3-8,11-12H,2,9H2,1H3,(H,16,17)(H,18,19). The van der Waals surface area contributed by atoms with E-state index >= 15 is 0 Å². The summed E-state index contributed by atoms with van der Waals surface area (Å²) in [5.41, 5.74) is 1.14. The van der Waals surface area contributed by atoms with Crippen LogP contribution in [-0.4, -0.2) is 21.6 Å². The van der Waals surface area contributed by atoms with Crippen LogP contribution >= 0.6 is 11.8 Å². The highest BCUT2D eigenvalue weighted by Gasteiger charge is 2.30. The number of hydrogen-bond donors (Lipinski definition) is 2. The Morgan fingerprint density at radius 2 is 2.40 bits per heavy atom. The first kappa shape index (κ1) is 13.2. The molecule has 1 aromatic heterocycles. The van der Waals surface area contributed by atoms with Crippen molar-refractivity contribution in [2.24, 2.45) is 0 Å². The molecule has 0 aliphatic carbocycles. The van der Waals surface area contributed by atoms with Crippen molar-refractivity contribution >= 4 is 17.7 Å². The molecule has 104 valence electrons. The van der Waals surface area contributed by atoms with E-state index in [0.717, 1.165) is 23.6 Å². The van der Waals surface area contributed by atoms with Crippen LogP contribution in [0.4, 0.5) is 0 Å². The molecule has 20 heavy (non-hydrogen) atoms. The van der Waals surface area contributed by atoms with E-state index in [4.69, 9.17) is 0 Å². The van der Waals surface area contributed by atoms with Crippen LogP contribution in [0.2, 0.25) is 0 Å². The lowest BCUT2D eigenvalue weighted by atomic mass is 10.00. The average molecular weight is 287 g/mol. The Bertz CT molecular complexity index is 597. The number of aromatic amines is 1. The Hall–Kier alpha value is -1.75. The highest BCUT2D eigenvalue weighted by atomic mass is 32.2. The molecule has 0 spiro atoms. The number of amides is 1. The lowest BCUT2D eigenvalue weighted by Gasteiger charge is -2.18. The first-order chi connectivity index (χ1) is 9.79. The lowest BCUT2D eigenvalue weighted by Crippen LogP contribution is -2.33. The Labute approximate surface area is 122 Å². The average Bonchev–Trinajstić information content (AvgIpc) is 3.13. The van der Waals surface area contributed by atoms with Crippen molar-refractivity contribution in [3.63, 3.8) is 0 Å². The molecule has 0 fully saturated rings. The van der Waals surface area contributed by atoms with Gasteiger partial charge >= 0.3 is 0 Å². The fraction of sp³-hybridized carbons (Fsp3) is 0.333. The predicted octanol–water partition coefficient (Wildman–Crippen LogP) is 2.87. The molecule has 2 N–H and O–H groups in total. The number of aromatic nitrogens is 2. The quantitative estimate of drug-likeness (QED) is 0.909. The molecule has 2 heterocycles. The normalized spacial score (nSPS) is 18.6. The van der Waals surface area contributed by atoms with Crippen LogP contribution in [0.3, 0.4) is 0 Å². The summed E-state index contributed by atoms with van der Waals surface area (Å²) < 4.78 is 0. The van der Waals surface area contributed by atoms with Gasteiger partial charge in [0, 0.05) is 23.0 Å². The molecule has 0 radical (unpaired) electrons. The number of carbonyl (C=O) groups is 1. The zero-order valence-electron chi connectivity index (χ0n) is 11.3. The first-order valence-corrected chi connectivity index (χ1v) is 7.79. The highest BCUT2D eigenvalue weighted by Crippen LogP contribution is 2.39. The summed E-state index contributed by atoms with van der Waals surface area (Å²) >= 11 is 1.75. The van der Waals surface area contributed by atoms with E-state index in [2.05, 4.69) is 21.4 Å². The number of carbonyl (C=O) groups excluding carboxylic acids is 1. The molecule has 2 atom stereocenters. The Morgan fingerprint density at radius 3 is 3.15 bits per heavy atom. The zero-order valence-corrected chi connectivity index (χ0v) is 12.1. The van der Waals surface area contributed by atoms with Crippen LogP contribution < -0.4 is 5.32 Å². The van der Waals surface area contributed by atoms with Gasteiger partial charge in [-0.15, -0.1) is 11.8 Å². The smallest absolute Gasteiger partial charge is 0.229 e. The van der Waals surface area contributed by atoms with E-state index in [1.165, 1.54) is 4.90 Å². The van der Waals surface area contributed by atoms with Crippen molar-refractivity contribution in [1.29, 1.82) is 0 Å². The third-order valence-corrected chi connectivity index (χ3v) is 4.77. The maximum absolute atomic E-state index is 12.5. The summed E-state index contributed by atoms with van der Waals surface area (Å²) in [4.78, 5) is 21.0. The minimum absolute atomic E-state index is 0.0461. The van der Waals surface area contributed by atoms with Crippen molar-refractivity contribution in [2.45, 2.75) is 30.2 Å². The fourth-order valence-electron chi connectivity index (χ4n) is 2.48. The number of nitrogens with zero attached hydrogens (tertiary/aromatic N) is 1. The van der Waals surface area contributed by atoms with Crippen LogP contribution in [0.5, 0.6) is 0 Å². The van der Waals surface area contributed by atoms with Gasteiger partial charge in [0.05, 0.1) is 12.0 Å². The summed E-state index contributed by atoms with van der Waals surface area (Å²) in [5, 5.41) is 3.11. The van der Waals surface area contributed by atoms with Crippen molar-refractivity contribution in [3.05, 3.63) is 48.0 Å². The molecule has 0 saturated carbocycles. The minimum atomic E-state index is -0.0554. The summed E-state index contributed by atoms with van der Waals surface area (Å²) in [6.45, 7) is 2.05. The van der Waals surface area contributed by atoms with Gasteiger partial charge in [-0.2, -0.15) is 0 Å². The van der Waals surface area contributed by atoms with Crippen LogP contribution in [0.15, 0.2) is 41.6 Å². The molecular formula is C15H17N3OS. The van der Waals surface area contributed by atoms with Gasteiger partial charge in [-0.25, -0.2) is 4.98 Å². The monoisotopic (exact) mass is 287 g/mol. The number of rotatable bonds is 4. The number of nitrogens with one attached hydrogen (secondary N) is 2. The van der Waals surface area contributed by atoms with Crippen LogP contribution in [0, 0.1) is 0 Å². The van der Waals surface area contributed by atoms with Crippen molar-refractivity contribution in [3.8, 4) is 0 Å². The maximum atomic E-state index is 12.5. The Balaban J connectivity index is 1.74. The van der Waals surface area contributed by atoms with E-state index in [9.17, 15) is 4.79 Å². The second-order valence-corrected chi connectivity index (χ2v) is 5.91. The fourth-order valence-corrected chi connectivity index (χ4v) is 3.71. The van der Waals surface area contributed by atoms with Gasteiger partial charge in [-0.1, -0.05) is 25.1 Å². The van der Waals surface area contributed by atoms with Crippen molar-refractivity contribution in [2.75, 3.05) is 5.75 Å². The van der Waals surface area contributed by atoms with Gasteiger partial charge < -0.3 is 10.3 Å². The van der Waals surface area contributed by atoms with Gasteiger partial charge in [0.25, 0.3) is 0 Å². The Kier molecular flexibility index (Phi) is 3.78. The maximum Gasteiger partial charge on any atom is 0.229 e. The van der Waals surface area contributed by atoms with Gasteiger partial charge in [0.2, 0.25) is 5.91 Å². The summed E-state index contributed by atoms with van der Waals surface area (Å²) in [7, 11) is 0. The molecule has 2 unspecified atom stereocenters. The first-order valence-electron chi connectivity index (χ1n) is 6.81. The van der Waals surface area contributed by atoms with Crippen molar-refractivity contribution < 1.29 is 4.79 Å². The SMILES string of the molecule is CCC(NC(=O)C1CSc2ccccc21)c1ncc[nH]1. The van der Waals surface area contributed by atoms with E-state index < -0.39 is 0 Å². The third-order valence-electron chi connectivity index (χ3n) is 3.59. The van der Waals surface area contributed by atoms with E-state index in [-0.39, 0.29) is 17.9 Å². The molecular weight excluding hydrogens is 270 g/mol. The molecule has 1 aliphatic rings. The van der Waals surface area contributed by atoms with Gasteiger partial charge in [-0.3, -0.25) is 4.79 Å². The van der Waals surface area contributed by atoms with E-state index in [1.807, 2.05) is 25.1 Å². The number of hydrogen-bond acceptors (Lipinski definition) is 3. The number of imidazole rings is 1.